The summed E-state index contributed by atoms with van der Waals surface area (Å²) in [6.07, 6.45) is 1.35. The van der Waals surface area contributed by atoms with Gasteiger partial charge in [-0.15, -0.1) is 11.3 Å². The Morgan fingerprint density at radius 1 is 1.12 bits per heavy atom. The fourth-order valence-corrected chi connectivity index (χ4v) is 6.27. The molecule has 4 aromatic rings. The highest BCUT2D eigenvalue weighted by molar-refractivity contribution is 7.09. The summed E-state index contributed by atoms with van der Waals surface area (Å²) in [5.74, 6) is 0.496. The Balaban J connectivity index is 1.26. The van der Waals surface area contributed by atoms with Crippen LogP contribution in [0, 0.1) is 6.92 Å². The molecule has 2 aromatic carbocycles. The molecule has 0 unspecified atom stereocenters. The van der Waals surface area contributed by atoms with E-state index < -0.39 is 12.1 Å². The molecular formula is C33H39N5O4S. The van der Waals surface area contributed by atoms with Crippen molar-refractivity contribution in [3.05, 3.63) is 105 Å². The first-order chi connectivity index (χ1) is 20.8. The molecule has 2 amide bonds. The predicted molar refractivity (Wildman–Crippen MR) is 166 cm³/mol. The fourth-order valence-electron chi connectivity index (χ4n) is 5.32. The first kappa shape index (κ1) is 30.6. The van der Waals surface area contributed by atoms with Gasteiger partial charge in [-0.3, -0.25) is 9.59 Å². The number of benzene rings is 2. The molecule has 3 heterocycles. The lowest BCUT2D eigenvalue weighted by Crippen LogP contribution is -2.48. The lowest BCUT2D eigenvalue weighted by Gasteiger charge is -2.25. The average molecular weight is 602 g/mol. The highest BCUT2D eigenvalue weighted by atomic mass is 32.1. The molecule has 43 heavy (non-hydrogen) atoms. The molecule has 226 valence electrons. The number of nitrogens with one attached hydrogen (secondary N) is 2. The Bertz CT molecular complexity index is 1520. The van der Waals surface area contributed by atoms with Crippen molar-refractivity contribution >= 4 is 23.2 Å². The first-order valence-corrected chi connectivity index (χ1v) is 15.7. The maximum absolute atomic E-state index is 13.6. The third-order valence-electron chi connectivity index (χ3n) is 7.71. The summed E-state index contributed by atoms with van der Waals surface area (Å²) in [4.78, 5) is 33.5. The highest BCUT2D eigenvalue weighted by Gasteiger charge is 2.33. The number of amides is 2. The molecule has 3 atom stereocenters. The topological polar surface area (TPSA) is 121 Å². The van der Waals surface area contributed by atoms with Gasteiger partial charge in [-0.25, -0.2) is 4.98 Å². The molecule has 0 saturated carbocycles. The Labute approximate surface area is 256 Å². The van der Waals surface area contributed by atoms with Gasteiger partial charge < -0.3 is 25.2 Å². The Morgan fingerprint density at radius 3 is 2.63 bits per heavy atom. The molecule has 1 saturated heterocycles. The van der Waals surface area contributed by atoms with Crippen molar-refractivity contribution in [2.75, 3.05) is 13.1 Å². The molecule has 0 radical (unpaired) electrons. The minimum atomic E-state index is -0.881. The summed E-state index contributed by atoms with van der Waals surface area (Å²) in [5.41, 5.74) is 3.66. The lowest BCUT2D eigenvalue weighted by molar-refractivity contribution is 0.0735. The number of thiazole rings is 1. The van der Waals surface area contributed by atoms with Gasteiger partial charge in [0.1, 0.15) is 5.01 Å². The number of hydrogen-bond acceptors (Lipinski definition) is 8. The maximum Gasteiger partial charge on any atom is 0.254 e. The van der Waals surface area contributed by atoms with E-state index in [1.807, 2.05) is 67.4 Å². The van der Waals surface area contributed by atoms with E-state index in [0.717, 1.165) is 34.8 Å². The molecule has 10 heteroatoms. The van der Waals surface area contributed by atoms with Gasteiger partial charge in [0.2, 0.25) is 0 Å². The average Bonchev–Trinajstić information content (AvgIpc) is 3.78. The minimum absolute atomic E-state index is 0.0458. The van der Waals surface area contributed by atoms with E-state index in [1.165, 1.54) is 0 Å². The smallest absolute Gasteiger partial charge is 0.254 e. The van der Waals surface area contributed by atoms with Gasteiger partial charge in [0.15, 0.2) is 5.76 Å². The van der Waals surface area contributed by atoms with Crippen molar-refractivity contribution in [3.63, 3.8) is 0 Å². The number of likely N-dealkylation sites (tertiary alicyclic amines) is 1. The second-order valence-electron chi connectivity index (χ2n) is 11.4. The van der Waals surface area contributed by atoms with Crippen molar-refractivity contribution < 1.29 is 19.2 Å². The number of nitrogens with zero attached hydrogens (tertiary/aromatic N) is 3. The van der Waals surface area contributed by atoms with E-state index >= 15 is 0 Å². The number of aromatic nitrogens is 2. The van der Waals surface area contributed by atoms with Gasteiger partial charge in [-0.05, 0) is 55.9 Å². The SMILES string of the molecule is Cc1csc([C@H]2CCCN2C(=O)c2cccc(C(=O)N[C@@H](Cc3ccccc3)[C@H](O)CNCc3cc(C(C)C)no3)c2)n1. The van der Waals surface area contributed by atoms with Gasteiger partial charge in [0, 0.05) is 41.4 Å². The summed E-state index contributed by atoms with van der Waals surface area (Å²) in [6, 6.07) is 17.8. The number of aliphatic hydroxyl groups is 1. The number of rotatable bonds is 12. The molecule has 2 aromatic heterocycles. The van der Waals surface area contributed by atoms with Crippen LogP contribution in [0.4, 0.5) is 0 Å². The Morgan fingerprint density at radius 2 is 1.91 bits per heavy atom. The van der Waals surface area contributed by atoms with Gasteiger partial charge in [0.25, 0.3) is 11.8 Å². The fraction of sp³-hybridized carbons (Fsp3) is 0.394. The first-order valence-electron chi connectivity index (χ1n) is 14.8. The molecule has 5 rings (SSSR count). The normalized spacial score (nSPS) is 16.4. The van der Waals surface area contributed by atoms with Crippen LogP contribution in [0.15, 0.2) is 70.6 Å². The van der Waals surface area contributed by atoms with Crippen molar-refractivity contribution in [1.82, 2.24) is 25.7 Å². The number of carbonyl (C=O) groups excluding carboxylic acids is 2. The van der Waals surface area contributed by atoms with Crippen LogP contribution >= 0.6 is 11.3 Å². The summed E-state index contributed by atoms with van der Waals surface area (Å²) >= 11 is 1.58. The molecular weight excluding hydrogens is 562 g/mol. The van der Waals surface area contributed by atoms with Gasteiger partial charge in [-0.2, -0.15) is 0 Å². The molecule has 3 N–H and O–H groups in total. The van der Waals surface area contributed by atoms with E-state index in [2.05, 4.69) is 20.8 Å². The molecule has 1 aliphatic heterocycles. The molecule has 1 aliphatic rings. The van der Waals surface area contributed by atoms with Crippen LogP contribution in [0.1, 0.15) is 87.1 Å². The van der Waals surface area contributed by atoms with E-state index in [1.54, 1.807) is 35.6 Å². The lowest BCUT2D eigenvalue weighted by atomic mass is 10.00. The van der Waals surface area contributed by atoms with Crippen LogP contribution in [0.2, 0.25) is 0 Å². The van der Waals surface area contributed by atoms with E-state index in [-0.39, 0.29) is 30.3 Å². The Hall–Kier alpha value is -3.86. The molecule has 0 aliphatic carbocycles. The van der Waals surface area contributed by atoms with Crippen molar-refractivity contribution in [2.24, 2.45) is 0 Å². The standard InChI is InChI=1S/C33H39N5O4S/c1-21(2)27-17-26(42-37-27)18-34-19-30(39)28(15-23-9-5-4-6-10-23)36-31(40)24-11-7-12-25(16-24)33(41)38-14-8-13-29(38)32-35-22(3)20-43-32/h4-7,9-12,16-17,20-21,28-30,34,39H,8,13-15,18-19H2,1-3H3,(H,36,40)/t28-,29+,30+/m0/s1. The third kappa shape index (κ3) is 7.76. The van der Waals surface area contributed by atoms with Crippen LogP contribution in [-0.2, 0) is 13.0 Å². The molecule has 0 spiro atoms. The Kier molecular flexibility index (Phi) is 10.0. The van der Waals surface area contributed by atoms with Crippen molar-refractivity contribution in [3.8, 4) is 0 Å². The van der Waals surface area contributed by atoms with E-state index in [4.69, 9.17) is 4.52 Å². The zero-order chi connectivity index (χ0) is 30.3. The second kappa shape index (κ2) is 14.1. The van der Waals surface area contributed by atoms with Gasteiger partial charge in [0.05, 0.1) is 30.4 Å². The van der Waals surface area contributed by atoms with Gasteiger partial charge in [-0.1, -0.05) is 55.4 Å². The quantitative estimate of drug-likeness (QED) is 0.208. The van der Waals surface area contributed by atoms with Crippen LogP contribution in [-0.4, -0.2) is 57.2 Å². The summed E-state index contributed by atoms with van der Waals surface area (Å²) < 4.78 is 5.39. The van der Waals surface area contributed by atoms with Crippen LogP contribution in [0.3, 0.4) is 0 Å². The van der Waals surface area contributed by atoms with Crippen molar-refractivity contribution in [1.29, 1.82) is 0 Å². The third-order valence-corrected chi connectivity index (χ3v) is 8.77. The van der Waals surface area contributed by atoms with Crippen molar-refractivity contribution in [2.45, 2.75) is 70.7 Å². The zero-order valence-corrected chi connectivity index (χ0v) is 25.6. The minimum Gasteiger partial charge on any atom is -0.390 e. The predicted octanol–water partition coefficient (Wildman–Crippen LogP) is 5.03. The molecule has 9 nitrogen and oxygen atoms in total. The zero-order valence-electron chi connectivity index (χ0n) is 24.8. The van der Waals surface area contributed by atoms with Crippen LogP contribution < -0.4 is 10.6 Å². The highest BCUT2D eigenvalue weighted by Crippen LogP contribution is 2.34. The van der Waals surface area contributed by atoms with Gasteiger partial charge >= 0.3 is 0 Å². The molecule has 1 fully saturated rings. The largest absolute Gasteiger partial charge is 0.390 e. The van der Waals surface area contributed by atoms with Crippen LogP contribution in [0.5, 0.6) is 0 Å². The summed E-state index contributed by atoms with van der Waals surface area (Å²) in [6.45, 7) is 7.36. The number of hydrogen-bond donors (Lipinski definition) is 3. The number of carbonyl (C=O) groups is 2. The number of aryl methyl sites for hydroxylation is 1. The summed E-state index contributed by atoms with van der Waals surface area (Å²) in [7, 11) is 0. The second-order valence-corrected chi connectivity index (χ2v) is 12.3. The molecule has 0 bridgehead atoms. The maximum atomic E-state index is 13.6. The number of aliphatic hydroxyl groups excluding tert-OH is 1. The summed E-state index contributed by atoms with van der Waals surface area (Å²) in [5, 5.41) is 24.5. The van der Waals surface area contributed by atoms with E-state index in [9.17, 15) is 14.7 Å². The van der Waals surface area contributed by atoms with Crippen LogP contribution in [0.25, 0.3) is 0 Å². The monoisotopic (exact) mass is 601 g/mol. The van der Waals surface area contributed by atoms with E-state index in [0.29, 0.717) is 36.4 Å².